The molecule has 0 heterocycles. The van der Waals surface area contributed by atoms with Gasteiger partial charge < -0.3 is 5.11 Å². The Kier molecular flexibility index (Phi) is 4.96. The molecule has 0 amide bonds. The van der Waals surface area contributed by atoms with Crippen LogP contribution in [-0.2, 0) is 0 Å². The average molecular weight is 141 g/mol. The van der Waals surface area contributed by atoms with Crippen LogP contribution in [0, 0.1) is 23.2 Å². The summed E-state index contributed by atoms with van der Waals surface area (Å²) in [6.07, 6.45) is 1.38. The summed E-state index contributed by atoms with van der Waals surface area (Å²) in [4.78, 5) is 0. The van der Waals surface area contributed by atoms with Crippen molar-refractivity contribution < 1.29 is 5.11 Å². The third kappa shape index (κ3) is 3.47. The van der Waals surface area contributed by atoms with Crippen LogP contribution >= 0.6 is 0 Å². The fraction of sp³-hybridized carbons (Fsp3) is 0.875. The van der Waals surface area contributed by atoms with Crippen LogP contribution in [0.15, 0.2) is 0 Å². The second kappa shape index (κ2) is 5.25. The minimum atomic E-state index is 0.208. The zero-order valence-corrected chi connectivity index (χ0v) is 6.67. The quantitative estimate of drug-likeness (QED) is 0.645. The van der Waals surface area contributed by atoms with Crippen LogP contribution in [0.4, 0.5) is 0 Å². The van der Waals surface area contributed by atoms with Crippen molar-refractivity contribution in [3.05, 3.63) is 0 Å². The number of hydrogen-bond acceptors (Lipinski definition) is 2. The minimum absolute atomic E-state index is 0.208. The molecule has 0 aromatic heterocycles. The maximum atomic E-state index is 8.81. The molecular weight excluding hydrogens is 126 g/mol. The summed E-state index contributed by atoms with van der Waals surface area (Å²) in [5.41, 5.74) is 0. The fourth-order valence-electron chi connectivity index (χ4n) is 0.885. The predicted octanol–water partition coefficient (Wildman–Crippen LogP) is 1.55. The number of nitriles is 1. The predicted molar refractivity (Wildman–Crippen MR) is 40.3 cm³/mol. The summed E-state index contributed by atoms with van der Waals surface area (Å²) in [7, 11) is 0. The van der Waals surface area contributed by atoms with Gasteiger partial charge in [-0.3, -0.25) is 0 Å². The zero-order valence-electron chi connectivity index (χ0n) is 6.67. The summed E-state index contributed by atoms with van der Waals surface area (Å²) >= 11 is 0. The maximum absolute atomic E-state index is 8.81. The Morgan fingerprint density at radius 1 is 1.50 bits per heavy atom. The Bertz CT molecular complexity index is 115. The van der Waals surface area contributed by atoms with Gasteiger partial charge in [0, 0.05) is 13.0 Å². The number of nitrogens with zero attached hydrogens (tertiary/aromatic N) is 1. The third-order valence-electron chi connectivity index (χ3n) is 1.80. The monoisotopic (exact) mass is 141 g/mol. The molecule has 0 aromatic rings. The summed E-state index contributed by atoms with van der Waals surface area (Å²) < 4.78 is 0. The van der Waals surface area contributed by atoms with Crippen molar-refractivity contribution in [3.8, 4) is 6.07 Å². The van der Waals surface area contributed by atoms with Gasteiger partial charge in [-0.15, -0.1) is 0 Å². The number of rotatable bonds is 4. The van der Waals surface area contributed by atoms with E-state index in [9.17, 15) is 0 Å². The van der Waals surface area contributed by atoms with Gasteiger partial charge in [0.15, 0.2) is 0 Å². The first-order valence-corrected chi connectivity index (χ1v) is 3.70. The molecule has 0 bridgehead atoms. The first-order chi connectivity index (χ1) is 4.72. The van der Waals surface area contributed by atoms with E-state index in [1.54, 1.807) is 0 Å². The smallest absolute Gasteiger partial charge is 0.0621 e. The van der Waals surface area contributed by atoms with Crippen molar-refractivity contribution >= 4 is 0 Å². The second-order valence-corrected chi connectivity index (χ2v) is 2.88. The highest BCUT2D eigenvalue weighted by atomic mass is 16.3. The van der Waals surface area contributed by atoms with Gasteiger partial charge in [-0.2, -0.15) is 5.26 Å². The van der Waals surface area contributed by atoms with Gasteiger partial charge in [0.1, 0.15) is 0 Å². The van der Waals surface area contributed by atoms with Crippen LogP contribution in [-0.4, -0.2) is 11.7 Å². The summed E-state index contributed by atoms with van der Waals surface area (Å²) in [6.45, 7) is 4.34. The highest BCUT2D eigenvalue weighted by Crippen LogP contribution is 2.15. The van der Waals surface area contributed by atoms with Gasteiger partial charge in [-0.1, -0.05) is 13.8 Å². The molecule has 1 atom stereocenters. The SMILES string of the molecule is CC(C)C(CO)CCC#N. The lowest BCUT2D eigenvalue weighted by Gasteiger charge is -2.15. The van der Waals surface area contributed by atoms with Gasteiger partial charge in [0.2, 0.25) is 0 Å². The van der Waals surface area contributed by atoms with Crippen LogP contribution < -0.4 is 0 Å². The van der Waals surface area contributed by atoms with Crippen LogP contribution in [0.2, 0.25) is 0 Å². The number of aliphatic hydroxyl groups is 1. The second-order valence-electron chi connectivity index (χ2n) is 2.88. The summed E-state index contributed by atoms with van der Waals surface area (Å²) in [5.74, 6) is 0.790. The molecule has 0 aromatic carbocycles. The van der Waals surface area contributed by atoms with Crippen molar-refractivity contribution in [1.29, 1.82) is 5.26 Å². The normalized spacial score (nSPS) is 13.1. The van der Waals surface area contributed by atoms with Crippen molar-refractivity contribution in [2.75, 3.05) is 6.61 Å². The number of aliphatic hydroxyl groups excluding tert-OH is 1. The molecule has 0 rings (SSSR count). The highest BCUT2D eigenvalue weighted by molar-refractivity contribution is 4.73. The Hall–Kier alpha value is -0.550. The molecule has 10 heavy (non-hydrogen) atoms. The summed E-state index contributed by atoms with van der Waals surface area (Å²) in [5, 5.41) is 17.1. The lowest BCUT2D eigenvalue weighted by Crippen LogP contribution is -2.12. The molecule has 0 saturated carbocycles. The fourth-order valence-corrected chi connectivity index (χ4v) is 0.885. The average Bonchev–Trinajstić information content (AvgIpc) is 1.89. The van der Waals surface area contributed by atoms with E-state index < -0.39 is 0 Å². The maximum Gasteiger partial charge on any atom is 0.0621 e. The van der Waals surface area contributed by atoms with Gasteiger partial charge >= 0.3 is 0 Å². The molecule has 0 aliphatic carbocycles. The zero-order chi connectivity index (χ0) is 7.98. The first-order valence-electron chi connectivity index (χ1n) is 3.70. The standard InChI is InChI=1S/C8H15NO/c1-7(2)8(6-10)4-3-5-9/h7-8,10H,3-4,6H2,1-2H3. The molecule has 2 heteroatoms. The van der Waals surface area contributed by atoms with Crippen molar-refractivity contribution in [3.63, 3.8) is 0 Å². The van der Waals surface area contributed by atoms with E-state index >= 15 is 0 Å². The Labute approximate surface area is 62.5 Å². The molecule has 0 saturated heterocycles. The third-order valence-corrected chi connectivity index (χ3v) is 1.80. The largest absolute Gasteiger partial charge is 0.396 e. The van der Waals surface area contributed by atoms with Gasteiger partial charge in [0.25, 0.3) is 0 Å². The molecular formula is C8H15NO. The van der Waals surface area contributed by atoms with Gasteiger partial charge in [0.05, 0.1) is 6.07 Å². The molecule has 0 aliphatic heterocycles. The van der Waals surface area contributed by atoms with Crippen molar-refractivity contribution in [2.24, 2.45) is 11.8 Å². The Balaban J connectivity index is 3.52. The molecule has 2 nitrogen and oxygen atoms in total. The van der Waals surface area contributed by atoms with Crippen LogP contribution in [0.5, 0.6) is 0 Å². The highest BCUT2D eigenvalue weighted by Gasteiger charge is 2.10. The molecule has 0 spiro atoms. The van der Waals surface area contributed by atoms with Crippen molar-refractivity contribution in [1.82, 2.24) is 0 Å². The molecule has 1 N–H and O–H groups in total. The Morgan fingerprint density at radius 2 is 2.10 bits per heavy atom. The van der Waals surface area contributed by atoms with E-state index in [1.807, 2.05) is 0 Å². The molecule has 58 valence electrons. The van der Waals surface area contributed by atoms with Crippen molar-refractivity contribution in [2.45, 2.75) is 26.7 Å². The van der Waals surface area contributed by atoms with Crippen LogP contribution in [0.3, 0.4) is 0 Å². The van der Waals surface area contributed by atoms with Gasteiger partial charge in [-0.25, -0.2) is 0 Å². The lowest BCUT2D eigenvalue weighted by molar-refractivity contribution is 0.182. The van der Waals surface area contributed by atoms with E-state index in [1.165, 1.54) is 0 Å². The van der Waals surface area contributed by atoms with Gasteiger partial charge in [-0.05, 0) is 18.3 Å². The van der Waals surface area contributed by atoms with E-state index in [-0.39, 0.29) is 6.61 Å². The van der Waals surface area contributed by atoms with Crippen LogP contribution in [0.25, 0.3) is 0 Å². The minimum Gasteiger partial charge on any atom is -0.396 e. The van der Waals surface area contributed by atoms with E-state index in [0.29, 0.717) is 18.3 Å². The molecule has 0 fully saturated rings. The first kappa shape index (κ1) is 9.45. The molecule has 1 unspecified atom stereocenters. The number of hydrogen-bond donors (Lipinski definition) is 1. The van der Waals surface area contributed by atoms with Crippen LogP contribution in [0.1, 0.15) is 26.7 Å². The Morgan fingerprint density at radius 3 is 2.40 bits per heavy atom. The molecule has 0 aliphatic rings. The summed E-state index contributed by atoms with van der Waals surface area (Å²) in [6, 6.07) is 2.08. The van der Waals surface area contributed by atoms with E-state index in [0.717, 1.165) is 6.42 Å². The lowest BCUT2D eigenvalue weighted by atomic mass is 9.92. The van der Waals surface area contributed by atoms with E-state index in [4.69, 9.17) is 10.4 Å². The van der Waals surface area contributed by atoms with E-state index in [2.05, 4.69) is 19.9 Å². The topological polar surface area (TPSA) is 44.0 Å². The molecule has 0 radical (unpaired) electrons.